The Bertz CT molecular complexity index is 5960. The summed E-state index contributed by atoms with van der Waals surface area (Å²) in [4.78, 5) is 23.9. The van der Waals surface area contributed by atoms with Gasteiger partial charge in [-0.25, -0.2) is 9.97 Å². The Labute approximate surface area is 573 Å². The highest BCUT2D eigenvalue weighted by molar-refractivity contribution is 7.01. The first-order valence-electron chi connectivity index (χ1n) is 33.7. The van der Waals surface area contributed by atoms with Crippen molar-refractivity contribution < 1.29 is 0 Å². The van der Waals surface area contributed by atoms with Gasteiger partial charge in [0.2, 0.25) is 0 Å². The maximum atomic E-state index is 4.86. The molecule has 10 nitrogen and oxygen atoms in total. The van der Waals surface area contributed by atoms with Gasteiger partial charge in [0.05, 0.1) is 33.5 Å². The molecule has 6 aromatic heterocycles. The molecule has 0 fully saturated rings. The molecule has 0 aliphatic carbocycles. The third kappa shape index (κ3) is 9.58. The second-order valence-electron chi connectivity index (χ2n) is 25.6. The number of para-hydroxylation sites is 4. The number of hydrogen-bond donors (Lipinski definition) is 2. The minimum absolute atomic E-state index is 0.0422. The number of pyridine rings is 4. The van der Waals surface area contributed by atoms with E-state index in [9.17, 15) is 0 Å². The molecule has 464 valence electrons. The fourth-order valence-electron chi connectivity index (χ4n) is 15.7. The summed E-state index contributed by atoms with van der Waals surface area (Å²) >= 11 is 0. The largest absolute Gasteiger partial charge is 0.356 e. The van der Waals surface area contributed by atoms with E-state index in [4.69, 9.17) is 15.0 Å². The number of benzene rings is 11. The van der Waals surface area contributed by atoms with E-state index < -0.39 is 0 Å². The van der Waals surface area contributed by atoms with E-state index in [2.05, 4.69) is 296 Å². The molecule has 12 heteroatoms. The number of aromatic nitrogens is 6. The van der Waals surface area contributed by atoms with Crippen molar-refractivity contribution in [1.82, 2.24) is 29.1 Å². The topological polar surface area (TPSA) is 92.0 Å². The summed E-state index contributed by atoms with van der Waals surface area (Å²) in [5.41, 5.74) is 29.2. The van der Waals surface area contributed by atoms with E-state index >= 15 is 0 Å². The van der Waals surface area contributed by atoms with E-state index in [1.54, 1.807) is 0 Å². The molecule has 4 aliphatic heterocycles. The maximum Gasteiger partial charge on any atom is 0.252 e. The van der Waals surface area contributed by atoms with Crippen molar-refractivity contribution in [1.29, 1.82) is 0 Å². The average molecular weight is 1270 g/mol. The molecule has 11 aromatic carbocycles. The van der Waals surface area contributed by atoms with Crippen LogP contribution in [0.25, 0.3) is 77.8 Å². The number of nitrogens with one attached hydrogen (secondary N) is 2. The average Bonchev–Trinajstić information content (AvgIpc) is 1.59. The van der Waals surface area contributed by atoms with E-state index in [1.165, 1.54) is 82.6 Å². The fraction of sp³-hybridized carbons (Fsp3) is 0.0115. The molecule has 99 heavy (non-hydrogen) atoms. The molecule has 4 aliphatic rings. The van der Waals surface area contributed by atoms with Crippen LogP contribution in [0.15, 0.2) is 334 Å². The molecule has 0 saturated heterocycles. The van der Waals surface area contributed by atoms with Crippen molar-refractivity contribution in [2.75, 3.05) is 20.4 Å². The van der Waals surface area contributed by atoms with Gasteiger partial charge in [-0.1, -0.05) is 169 Å². The van der Waals surface area contributed by atoms with Gasteiger partial charge in [-0.2, -0.15) is 0 Å². The van der Waals surface area contributed by atoms with Crippen molar-refractivity contribution >= 4 is 147 Å². The minimum Gasteiger partial charge on any atom is -0.356 e. The molecular formula is C87H60B2N10. The molecule has 0 amide bonds. The molecular weight excluding hydrogens is 1210 g/mol. The van der Waals surface area contributed by atoms with Crippen molar-refractivity contribution in [3.63, 3.8) is 0 Å². The lowest BCUT2D eigenvalue weighted by Crippen LogP contribution is -2.61. The molecule has 0 radical (unpaired) electrons. The highest BCUT2D eigenvalue weighted by Crippen LogP contribution is 2.47. The van der Waals surface area contributed by atoms with Gasteiger partial charge < -0.3 is 20.4 Å². The van der Waals surface area contributed by atoms with E-state index in [0.717, 1.165) is 90.3 Å². The van der Waals surface area contributed by atoms with Crippen molar-refractivity contribution in [2.45, 2.75) is 6.92 Å². The maximum absolute atomic E-state index is 4.86. The first-order chi connectivity index (χ1) is 49.1. The smallest absolute Gasteiger partial charge is 0.252 e. The van der Waals surface area contributed by atoms with Crippen LogP contribution in [0.5, 0.6) is 0 Å². The van der Waals surface area contributed by atoms with Crippen LogP contribution in [0.1, 0.15) is 5.56 Å². The van der Waals surface area contributed by atoms with Crippen LogP contribution in [-0.4, -0.2) is 42.5 Å². The third-order valence-corrected chi connectivity index (χ3v) is 19.9. The predicted molar refractivity (Wildman–Crippen MR) is 413 cm³/mol. The van der Waals surface area contributed by atoms with Gasteiger partial charge in [-0.15, -0.1) is 0 Å². The monoisotopic (exact) mass is 1270 g/mol. The summed E-state index contributed by atoms with van der Waals surface area (Å²) in [6.07, 6.45) is 7.47. The molecule has 17 aromatic rings. The van der Waals surface area contributed by atoms with Crippen molar-refractivity contribution in [3.8, 4) is 34.2 Å². The molecule has 0 spiro atoms. The number of rotatable bonds is 6. The molecule has 0 unspecified atom stereocenters. The Morgan fingerprint density at radius 3 is 1.29 bits per heavy atom. The van der Waals surface area contributed by atoms with Gasteiger partial charge >= 0.3 is 0 Å². The minimum atomic E-state index is -0.0422. The highest BCUT2D eigenvalue weighted by Gasteiger charge is 2.44. The SMILES string of the molecule is Cc1ccccc1.c1ccc(-c2ccc3c(c2)B2c4cc5c(cc4Nc4cccc(c42)N3)c2ccccc2n5-c2ccccn2)nc1.c1ccc(N2c3ccc(-c4ccccn4)cc3B3c4cc5c(cc4N(c4ccccc4)c4cccc2c43)c2ccccc2n5-c2ccccn2)cc1. The molecule has 2 N–H and O–H groups in total. The summed E-state index contributed by atoms with van der Waals surface area (Å²) in [5.74, 6) is 1.82. The van der Waals surface area contributed by atoms with Crippen LogP contribution in [0.4, 0.5) is 56.9 Å². The van der Waals surface area contributed by atoms with E-state index in [-0.39, 0.29) is 13.4 Å². The Balaban J connectivity index is 0.000000129. The first-order valence-corrected chi connectivity index (χ1v) is 33.7. The number of nitrogens with zero attached hydrogens (tertiary/aromatic N) is 8. The Kier molecular flexibility index (Phi) is 13.7. The number of hydrogen-bond acceptors (Lipinski definition) is 8. The normalized spacial score (nSPS) is 12.6. The highest BCUT2D eigenvalue weighted by atomic mass is 15.2. The van der Waals surface area contributed by atoms with Crippen LogP contribution >= 0.6 is 0 Å². The van der Waals surface area contributed by atoms with Gasteiger partial charge in [0.25, 0.3) is 13.4 Å². The lowest BCUT2D eigenvalue weighted by molar-refractivity contribution is 1.08. The molecule has 10 heterocycles. The zero-order valence-electron chi connectivity index (χ0n) is 54.0. The van der Waals surface area contributed by atoms with Crippen LogP contribution in [0, 0.1) is 6.92 Å². The Hall–Kier alpha value is -13.1. The summed E-state index contributed by atoms with van der Waals surface area (Å²) < 4.78 is 4.61. The van der Waals surface area contributed by atoms with Gasteiger partial charge in [0.15, 0.2) is 0 Å². The zero-order valence-corrected chi connectivity index (χ0v) is 54.0. The quantitative estimate of drug-likeness (QED) is 0.159. The van der Waals surface area contributed by atoms with Gasteiger partial charge in [0, 0.05) is 103 Å². The Morgan fingerprint density at radius 2 is 0.737 bits per heavy atom. The van der Waals surface area contributed by atoms with E-state index in [1.807, 2.05) is 79.4 Å². The Morgan fingerprint density at radius 1 is 0.283 bits per heavy atom. The summed E-state index contributed by atoms with van der Waals surface area (Å²) in [5, 5.41) is 12.3. The van der Waals surface area contributed by atoms with Crippen LogP contribution in [-0.2, 0) is 0 Å². The molecule has 0 atom stereocenters. The summed E-state index contributed by atoms with van der Waals surface area (Å²) in [6.45, 7) is 2.11. The molecule has 0 saturated carbocycles. The second-order valence-corrected chi connectivity index (χ2v) is 25.6. The number of anilines is 10. The zero-order chi connectivity index (χ0) is 65.5. The number of aryl methyl sites for hydroxylation is 1. The van der Waals surface area contributed by atoms with E-state index in [0.29, 0.717) is 0 Å². The summed E-state index contributed by atoms with van der Waals surface area (Å²) in [6, 6.07) is 110. The lowest BCUT2D eigenvalue weighted by Gasteiger charge is -2.44. The third-order valence-electron chi connectivity index (χ3n) is 19.9. The lowest BCUT2D eigenvalue weighted by atomic mass is 9.33. The van der Waals surface area contributed by atoms with Crippen LogP contribution in [0.2, 0.25) is 0 Å². The molecule has 21 rings (SSSR count). The van der Waals surface area contributed by atoms with Crippen molar-refractivity contribution in [3.05, 3.63) is 340 Å². The van der Waals surface area contributed by atoms with Crippen LogP contribution in [0.3, 0.4) is 0 Å². The molecule has 0 bridgehead atoms. The van der Waals surface area contributed by atoms with Crippen LogP contribution < -0.4 is 53.2 Å². The summed E-state index contributed by atoms with van der Waals surface area (Å²) in [7, 11) is 0. The standard InChI is InChI=1S/C46H30BN5.C34H22BN5.C7H8/c1-3-14-32(15-4-1)50-40-25-24-31(38-19-9-11-26-48-38)28-36(40)47-37-30-43-35(34-18-7-8-20-39(34)52(43)45-23-10-12-27-49-45)29-44(37)51(33-16-5-2-6-17-33)42-22-13-21-41(50)46(42)47;1-2-12-31-22(8-1)23-19-30-25(20-32(23)40(31)33-13-4-6-17-37-33)35-24-18-21(26-9-3-5-16-36-26)14-15-27(24)38-28-10-7-11-29(39-30)34(28)35;1-7-5-3-2-4-6-7/h1-30H;1-20,38-39H;2-6H,1H3. The van der Waals surface area contributed by atoms with Crippen molar-refractivity contribution in [2.24, 2.45) is 0 Å². The predicted octanol–water partition coefficient (Wildman–Crippen LogP) is 17.2. The first kappa shape index (κ1) is 57.4. The second kappa shape index (κ2) is 23.7. The number of fused-ring (bicyclic) bond motifs is 14. The van der Waals surface area contributed by atoms with Gasteiger partial charge in [-0.05, 0) is 196 Å². The fourth-order valence-corrected chi connectivity index (χ4v) is 15.7. The van der Waals surface area contributed by atoms with Gasteiger partial charge in [0.1, 0.15) is 11.6 Å². The van der Waals surface area contributed by atoms with Gasteiger partial charge in [-0.3, -0.25) is 19.1 Å².